The highest BCUT2D eigenvalue weighted by Crippen LogP contribution is 2.21. The van der Waals surface area contributed by atoms with Crippen molar-refractivity contribution in [2.24, 2.45) is 0 Å². The van der Waals surface area contributed by atoms with Crippen LogP contribution in [0.25, 0.3) is 0 Å². The van der Waals surface area contributed by atoms with Gasteiger partial charge < -0.3 is 14.6 Å². The number of nitrogens with one attached hydrogen (secondary N) is 1. The van der Waals surface area contributed by atoms with Gasteiger partial charge in [-0.15, -0.1) is 0 Å². The third kappa shape index (κ3) is 3.92. The zero-order valence-electron chi connectivity index (χ0n) is 11.4. The van der Waals surface area contributed by atoms with Crippen LogP contribution in [0, 0.1) is 6.92 Å². The molecule has 0 saturated carbocycles. The van der Waals surface area contributed by atoms with Crippen LogP contribution in [0.15, 0.2) is 23.1 Å². The molecule has 0 spiro atoms. The lowest BCUT2D eigenvalue weighted by atomic mass is 10.2. The molecule has 8 heteroatoms. The normalized spacial score (nSPS) is 12.9. The fourth-order valence-corrected chi connectivity index (χ4v) is 2.67. The Bertz CT molecular complexity index is 584. The highest BCUT2D eigenvalue weighted by atomic mass is 32.2. The molecule has 0 saturated heterocycles. The van der Waals surface area contributed by atoms with Gasteiger partial charge in [0, 0.05) is 13.7 Å². The first-order chi connectivity index (χ1) is 9.31. The lowest BCUT2D eigenvalue weighted by molar-refractivity contribution is -0.147. The Morgan fingerprint density at radius 3 is 2.50 bits per heavy atom. The predicted octanol–water partition coefficient (Wildman–Crippen LogP) is 0.382. The van der Waals surface area contributed by atoms with Crippen LogP contribution < -0.4 is 9.46 Å². The Labute approximate surface area is 117 Å². The Hall–Kier alpha value is -1.64. The first kappa shape index (κ1) is 16.4. The second kappa shape index (κ2) is 6.69. The molecule has 1 unspecified atom stereocenters. The van der Waals surface area contributed by atoms with Gasteiger partial charge in [0.2, 0.25) is 10.0 Å². The Morgan fingerprint density at radius 1 is 1.40 bits per heavy atom. The molecule has 0 amide bonds. The minimum atomic E-state index is -3.80. The second-order valence-electron chi connectivity index (χ2n) is 4.05. The van der Waals surface area contributed by atoms with Crippen molar-refractivity contribution >= 4 is 16.0 Å². The van der Waals surface area contributed by atoms with Crippen molar-refractivity contribution < 1.29 is 27.8 Å². The van der Waals surface area contributed by atoms with Crippen LogP contribution in [0.1, 0.15) is 5.56 Å². The summed E-state index contributed by atoms with van der Waals surface area (Å²) in [6.07, 6.45) is -1.23. The number of carboxylic acid groups (broad SMARTS) is 1. The molecule has 0 bridgehead atoms. The Balaban J connectivity index is 2.89. The average Bonchev–Trinajstić information content (AvgIpc) is 2.38. The topological polar surface area (TPSA) is 102 Å². The molecule has 20 heavy (non-hydrogen) atoms. The maximum atomic E-state index is 12.0. The van der Waals surface area contributed by atoms with E-state index in [9.17, 15) is 13.2 Å². The summed E-state index contributed by atoms with van der Waals surface area (Å²) in [5.41, 5.74) is 0.664. The number of aliphatic carboxylic acids is 1. The number of benzene rings is 1. The van der Waals surface area contributed by atoms with E-state index in [1.54, 1.807) is 6.92 Å². The van der Waals surface area contributed by atoms with Gasteiger partial charge in [-0.3, -0.25) is 0 Å². The van der Waals surface area contributed by atoms with Crippen molar-refractivity contribution in [2.75, 3.05) is 20.8 Å². The molecule has 1 atom stereocenters. The number of methoxy groups -OCH3 is 2. The molecule has 1 aromatic rings. The summed E-state index contributed by atoms with van der Waals surface area (Å²) in [6.45, 7) is 1.37. The summed E-state index contributed by atoms with van der Waals surface area (Å²) in [5.74, 6) is -0.662. The number of ether oxygens (including phenoxy) is 2. The lowest BCUT2D eigenvalue weighted by Crippen LogP contribution is -2.37. The van der Waals surface area contributed by atoms with Gasteiger partial charge in [0.1, 0.15) is 5.75 Å². The molecule has 7 nitrogen and oxygen atoms in total. The molecule has 0 aliphatic carbocycles. The van der Waals surface area contributed by atoms with E-state index in [2.05, 4.69) is 9.46 Å². The minimum absolute atomic E-state index is 0.0380. The summed E-state index contributed by atoms with van der Waals surface area (Å²) in [6, 6.07) is 4.37. The Kier molecular flexibility index (Phi) is 5.49. The largest absolute Gasteiger partial charge is 0.496 e. The van der Waals surface area contributed by atoms with Crippen LogP contribution in [0.2, 0.25) is 0 Å². The summed E-state index contributed by atoms with van der Waals surface area (Å²) in [4.78, 5) is 10.8. The van der Waals surface area contributed by atoms with E-state index < -0.39 is 22.1 Å². The fourth-order valence-electron chi connectivity index (χ4n) is 1.56. The summed E-state index contributed by atoms with van der Waals surface area (Å²) >= 11 is 0. The number of sulfonamides is 1. The monoisotopic (exact) mass is 303 g/mol. The molecule has 0 heterocycles. The zero-order chi connectivity index (χ0) is 15.3. The number of carbonyl (C=O) groups is 1. The van der Waals surface area contributed by atoms with Crippen LogP contribution in [0.4, 0.5) is 0 Å². The molecule has 1 aromatic carbocycles. The Morgan fingerprint density at radius 2 is 2.05 bits per heavy atom. The maximum absolute atomic E-state index is 12.0. The molecule has 0 aromatic heterocycles. The number of carboxylic acids is 1. The number of hydrogen-bond acceptors (Lipinski definition) is 5. The summed E-state index contributed by atoms with van der Waals surface area (Å²) < 4.78 is 36.0. The molecule has 0 radical (unpaired) electrons. The molecule has 1 rings (SSSR count). The summed E-state index contributed by atoms with van der Waals surface area (Å²) in [5, 5.41) is 8.78. The molecular weight excluding hydrogens is 286 g/mol. The van der Waals surface area contributed by atoms with Gasteiger partial charge in [-0.25, -0.2) is 17.9 Å². The third-order valence-electron chi connectivity index (χ3n) is 2.70. The van der Waals surface area contributed by atoms with Crippen molar-refractivity contribution in [3.05, 3.63) is 23.8 Å². The predicted molar refractivity (Wildman–Crippen MR) is 71.4 cm³/mol. The van der Waals surface area contributed by atoms with Gasteiger partial charge in [-0.05, 0) is 30.7 Å². The molecule has 2 N–H and O–H groups in total. The van der Waals surface area contributed by atoms with Gasteiger partial charge in [0.15, 0.2) is 6.10 Å². The van der Waals surface area contributed by atoms with Crippen LogP contribution in [0.5, 0.6) is 5.75 Å². The van der Waals surface area contributed by atoms with E-state index in [1.807, 2.05) is 0 Å². The smallest absolute Gasteiger partial charge is 0.334 e. The number of aryl methyl sites for hydroxylation is 1. The SMILES string of the molecule is COc1ccc(S(=O)(=O)NCC(OC)C(=O)O)cc1C. The number of rotatable bonds is 7. The highest BCUT2D eigenvalue weighted by molar-refractivity contribution is 7.89. The van der Waals surface area contributed by atoms with E-state index in [0.29, 0.717) is 11.3 Å². The molecular formula is C12H17NO6S. The maximum Gasteiger partial charge on any atom is 0.334 e. The van der Waals surface area contributed by atoms with Gasteiger partial charge in [-0.2, -0.15) is 0 Å². The average molecular weight is 303 g/mol. The van der Waals surface area contributed by atoms with E-state index >= 15 is 0 Å². The van der Waals surface area contributed by atoms with Crippen molar-refractivity contribution in [1.29, 1.82) is 0 Å². The van der Waals surface area contributed by atoms with Crippen LogP contribution >= 0.6 is 0 Å². The summed E-state index contributed by atoms with van der Waals surface area (Å²) in [7, 11) is -1.11. The minimum Gasteiger partial charge on any atom is -0.496 e. The van der Waals surface area contributed by atoms with E-state index in [1.165, 1.54) is 32.4 Å². The third-order valence-corrected chi connectivity index (χ3v) is 4.12. The van der Waals surface area contributed by atoms with Crippen LogP contribution in [0.3, 0.4) is 0 Å². The molecule has 0 aliphatic heterocycles. The first-order valence-corrected chi connectivity index (χ1v) is 7.20. The molecule has 0 aliphatic rings. The van der Waals surface area contributed by atoms with Gasteiger partial charge >= 0.3 is 5.97 Å². The van der Waals surface area contributed by atoms with Crippen molar-refractivity contribution in [3.8, 4) is 5.75 Å². The fraction of sp³-hybridized carbons (Fsp3) is 0.417. The highest BCUT2D eigenvalue weighted by Gasteiger charge is 2.21. The van der Waals surface area contributed by atoms with E-state index in [-0.39, 0.29) is 11.4 Å². The van der Waals surface area contributed by atoms with Gasteiger partial charge in [0.25, 0.3) is 0 Å². The quantitative estimate of drug-likeness (QED) is 0.755. The first-order valence-electron chi connectivity index (χ1n) is 5.71. The molecule has 112 valence electrons. The van der Waals surface area contributed by atoms with Crippen LogP contribution in [-0.4, -0.2) is 46.4 Å². The molecule has 0 fully saturated rings. The van der Waals surface area contributed by atoms with Gasteiger partial charge in [0.05, 0.1) is 12.0 Å². The second-order valence-corrected chi connectivity index (χ2v) is 5.81. The zero-order valence-corrected chi connectivity index (χ0v) is 12.2. The lowest BCUT2D eigenvalue weighted by Gasteiger charge is -2.13. The van der Waals surface area contributed by atoms with Crippen LogP contribution in [-0.2, 0) is 19.6 Å². The van der Waals surface area contributed by atoms with Crippen molar-refractivity contribution in [2.45, 2.75) is 17.9 Å². The van der Waals surface area contributed by atoms with Crippen molar-refractivity contribution in [1.82, 2.24) is 4.72 Å². The van der Waals surface area contributed by atoms with Crippen molar-refractivity contribution in [3.63, 3.8) is 0 Å². The van der Waals surface area contributed by atoms with E-state index in [4.69, 9.17) is 9.84 Å². The van der Waals surface area contributed by atoms with Gasteiger partial charge in [-0.1, -0.05) is 0 Å². The van der Waals surface area contributed by atoms with E-state index in [0.717, 1.165) is 0 Å². The standard InChI is InChI=1S/C12H17NO6S/c1-8-6-9(4-5-10(8)18-2)20(16,17)13-7-11(19-3)12(14)15/h4-6,11,13H,7H2,1-3H3,(H,14,15). The number of hydrogen-bond donors (Lipinski definition) is 2.